The summed E-state index contributed by atoms with van der Waals surface area (Å²) in [5.74, 6) is -0.371. The van der Waals surface area contributed by atoms with Gasteiger partial charge in [-0.05, 0) is 46.5 Å². The third-order valence-electron chi connectivity index (χ3n) is 3.43. The van der Waals surface area contributed by atoms with Crippen molar-refractivity contribution in [2.75, 3.05) is 5.73 Å². The molecule has 3 aromatic carbocycles. The van der Waals surface area contributed by atoms with Crippen molar-refractivity contribution in [1.82, 2.24) is 0 Å². The smallest absolute Gasteiger partial charge is 0.146 e. The first-order chi connectivity index (χ1) is 9.16. The highest BCUT2D eigenvalue weighted by Gasteiger charge is 2.09. The predicted octanol–water partition coefficient (Wildman–Crippen LogP) is 4.54. The summed E-state index contributed by atoms with van der Waals surface area (Å²) in [6.07, 6.45) is 0. The Labute approximate surface area is 111 Å². The van der Waals surface area contributed by atoms with Gasteiger partial charge in [0, 0.05) is 0 Å². The fraction of sp³-hybridized carbons (Fsp3) is 0.0588. The Hall–Kier alpha value is -2.35. The van der Waals surface area contributed by atoms with E-state index >= 15 is 0 Å². The molecule has 0 radical (unpaired) electrons. The average Bonchev–Trinajstić information content (AvgIpc) is 2.42. The van der Waals surface area contributed by atoms with Crippen molar-refractivity contribution in [1.29, 1.82) is 0 Å². The second-order valence-corrected chi connectivity index (χ2v) is 4.71. The van der Waals surface area contributed by atoms with Crippen molar-refractivity contribution in [2.24, 2.45) is 0 Å². The lowest BCUT2D eigenvalue weighted by molar-refractivity contribution is 0.633. The second-order valence-electron chi connectivity index (χ2n) is 4.71. The predicted molar refractivity (Wildman–Crippen MR) is 78.5 cm³/mol. The molecule has 0 unspecified atom stereocenters. The Bertz CT molecular complexity index is 762. The lowest BCUT2D eigenvalue weighted by Crippen LogP contribution is -1.92. The largest absolute Gasteiger partial charge is 0.396 e. The van der Waals surface area contributed by atoms with Crippen molar-refractivity contribution in [3.05, 3.63) is 66.0 Å². The number of rotatable bonds is 1. The van der Waals surface area contributed by atoms with E-state index in [0.29, 0.717) is 0 Å². The van der Waals surface area contributed by atoms with Crippen LogP contribution in [0.25, 0.3) is 21.9 Å². The molecule has 3 rings (SSSR count). The molecule has 94 valence electrons. The van der Waals surface area contributed by atoms with Gasteiger partial charge in [0.05, 0.1) is 5.69 Å². The van der Waals surface area contributed by atoms with Crippen molar-refractivity contribution in [2.45, 2.75) is 6.92 Å². The molecular formula is C17H14FN. The minimum atomic E-state index is -0.371. The highest BCUT2D eigenvalue weighted by atomic mass is 19.1. The van der Waals surface area contributed by atoms with Crippen LogP contribution < -0.4 is 5.73 Å². The van der Waals surface area contributed by atoms with Gasteiger partial charge in [-0.2, -0.15) is 0 Å². The summed E-state index contributed by atoms with van der Waals surface area (Å²) in [4.78, 5) is 0. The first kappa shape index (κ1) is 11.7. The first-order valence-corrected chi connectivity index (χ1v) is 6.20. The zero-order chi connectivity index (χ0) is 13.4. The fourth-order valence-corrected chi connectivity index (χ4v) is 2.45. The lowest BCUT2D eigenvalue weighted by Gasteiger charge is -2.11. The quantitative estimate of drug-likeness (QED) is 0.631. The molecule has 0 heterocycles. The van der Waals surface area contributed by atoms with E-state index < -0.39 is 0 Å². The molecule has 19 heavy (non-hydrogen) atoms. The van der Waals surface area contributed by atoms with Crippen LogP contribution in [-0.2, 0) is 0 Å². The van der Waals surface area contributed by atoms with Gasteiger partial charge in [0.15, 0.2) is 0 Å². The summed E-state index contributed by atoms with van der Waals surface area (Å²) in [7, 11) is 0. The minimum Gasteiger partial charge on any atom is -0.396 e. The molecule has 0 atom stereocenters. The molecule has 0 spiro atoms. The van der Waals surface area contributed by atoms with Gasteiger partial charge < -0.3 is 5.73 Å². The van der Waals surface area contributed by atoms with Crippen molar-refractivity contribution >= 4 is 16.5 Å². The molecule has 2 heteroatoms. The fourth-order valence-electron chi connectivity index (χ4n) is 2.45. The van der Waals surface area contributed by atoms with Crippen LogP contribution in [0.2, 0.25) is 0 Å². The summed E-state index contributed by atoms with van der Waals surface area (Å²) in [5, 5.41) is 2.28. The summed E-state index contributed by atoms with van der Waals surface area (Å²) < 4.78 is 13.7. The van der Waals surface area contributed by atoms with E-state index in [-0.39, 0.29) is 11.5 Å². The third-order valence-corrected chi connectivity index (χ3v) is 3.43. The molecule has 3 aromatic rings. The van der Waals surface area contributed by atoms with Crippen LogP contribution in [0.3, 0.4) is 0 Å². The van der Waals surface area contributed by atoms with E-state index in [1.54, 1.807) is 6.07 Å². The van der Waals surface area contributed by atoms with E-state index in [9.17, 15) is 4.39 Å². The van der Waals surface area contributed by atoms with Gasteiger partial charge in [-0.1, -0.05) is 42.5 Å². The topological polar surface area (TPSA) is 26.0 Å². The molecular weight excluding hydrogens is 237 g/mol. The number of nitrogens with two attached hydrogens (primary N) is 1. The van der Waals surface area contributed by atoms with Gasteiger partial charge in [-0.3, -0.25) is 0 Å². The molecule has 0 fully saturated rings. The lowest BCUT2D eigenvalue weighted by atomic mass is 9.94. The number of halogens is 1. The molecule has 0 aliphatic rings. The van der Waals surface area contributed by atoms with Gasteiger partial charge in [-0.25, -0.2) is 4.39 Å². The first-order valence-electron chi connectivity index (χ1n) is 6.20. The molecule has 0 saturated heterocycles. The van der Waals surface area contributed by atoms with Crippen LogP contribution in [0, 0.1) is 12.7 Å². The van der Waals surface area contributed by atoms with Crippen LogP contribution >= 0.6 is 0 Å². The Kier molecular flexibility index (Phi) is 2.71. The van der Waals surface area contributed by atoms with E-state index in [4.69, 9.17) is 5.73 Å². The number of hydrogen-bond donors (Lipinski definition) is 1. The number of fused-ring (bicyclic) bond motifs is 1. The number of hydrogen-bond acceptors (Lipinski definition) is 1. The monoisotopic (exact) mass is 251 g/mol. The number of aryl methyl sites for hydroxylation is 1. The van der Waals surface area contributed by atoms with Gasteiger partial charge in [0.25, 0.3) is 0 Å². The standard InChI is InChI=1S/C17H14FN/c1-11-6-7-12-4-2-3-5-14(12)17(11)13-8-9-16(19)15(18)10-13/h2-10H,19H2,1H3. The van der Waals surface area contributed by atoms with Crippen molar-refractivity contribution in [3.8, 4) is 11.1 Å². The second kappa shape index (κ2) is 4.39. The molecule has 0 bridgehead atoms. The van der Waals surface area contributed by atoms with Crippen molar-refractivity contribution in [3.63, 3.8) is 0 Å². The zero-order valence-corrected chi connectivity index (χ0v) is 10.7. The van der Waals surface area contributed by atoms with E-state index in [2.05, 4.69) is 24.3 Å². The Morgan fingerprint density at radius 3 is 2.53 bits per heavy atom. The minimum absolute atomic E-state index is 0.182. The summed E-state index contributed by atoms with van der Waals surface area (Å²) in [5.41, 5.74) is 8.78. The average molecular weight is 251 g/mol. The maximum Gasteiger partial charge on any atom is 0.146 e. The normalized spacial score (nSPS) is 10.8. The van der Waals surface area contributed by atoms with Gasteiger partial charge in [-0.15, -0.1) is 0 Å². The van der Waals surface area contributed by atoms with Crippen LogP contribution in [0.15, 0.2) is 54.6 Å². The number of nitrogen functional groups attached to an aromatic ring is 1. The Morgan fingerprint density at radius 2 is 1.74 bits per heavy atom. The highest BCUT2D eigenvalue weighted by Crippen LogP contribution is 2.32. The van der Waals surface area contributed by atoms with Crippen LogP contribution in [0.1, 0.15) is 5.56 Å². The van der Waals surface area contributed by atoms with Gasteiger partial charge >= 0.3 is 0 Å². The van der Waals surface area contributed by atoms with Gasteiger partial charge in [0.2, 0.25) is 0 Å². The molecule has 0 aromatic heterocycles. The third kappa shape index (κ3) is 1.95. The molecule has 0 saturated carbocycles. The van der Waals surface area contributed by atoms with Crippen molar-refractivity contribution < 1.29 is 4.39 Å². The SMILES string of the molecule is Cc1ccc2ccccc2c1-c1ccc(N)c(F)c1. The molecule has 2 N–H and O–H groups in total. The highest BCUT2D eigenvalue weighted by molar-refractivity contribution is 5.98. The van der Waals surface area contributed by atoms with Crippen LogP contribution in [-0.4, -0.2) is 0 Å². The van der Waals surface area contributed by atoms with E-state index in [1.807, 2.05) is 25.1 Å². The summed E-state index contributed by atoms with van der Waals surface area (Å²) in [6.45, 7) is 2.04. The summed E-state index contributed by atoms with van der Waals surface area (Å²) >= 11 is 0. The number of anilines is 1. The van der Waals surface area contributed by atoms with Crippen LogP contribution in [0.4, 0.5) is 10.1 Å². The molecule has 1 nitrogen and oxygen atoms in total. The van der Waals surface area contributed by atoms with Crippen LogP contribution in [0.5, 0.6) is 0 Å². The van der Waals surface area contributed by atoms with Gasteiger partial charge in [0.1, 0.15) is 5.82 Å². The zero-order valence-electron chi connectivity index (χ0n) is 10.7. The Balaban J connectivity index is 2.34. The molecule has 0 amide bonds. The molecule has 0 aliphatic carbocycles. The summed E-state index contributed by atoms with van der Waals surface area (Å²) in [6, 6.07) is 17.3. The Morgan fingerprint density at radius 1 is 0.947 bits per heavy atom. The maximum atomic E-state index is 13.7. The van der Waals surface area contributed by atoms with E-state index in [1.165, 1.54) is 6.07 Å². The van der Waals surface area contributed by atoms with E-state index in [0.717, 1.165) is 27.5 Å². The number of benzene rings is 3. The maximum absolute atomic E-state index is 13.7. The molecule has 0 aliphatic heterocycles.